The van der Waals surface area contributed by atoms with E-state index in [-0.39, 0.29) is 42.3 Å². The summed E-state index contributed by atoms with van der Waals surface area (Å²) in [7, 11) is 1.22. The lowest BCUT2D eigenvalue weighted by Crippen LogP contribution is -2.41. The molecule has 2 aromatic rings. The van der Waals surface area contributed by atoms with Gasteiger partial charge >= 0.3 is 5.97 Å². The number of halogens is 3. The van der Waals surface area contributed by atoms with Gasteiger partial charge in [0, 0.05) is 30.3 Å². The maximum absolute atomic E-state index is 16.1. The lowest BCUT2D eigenvalue weighted by atomic mass is 9.71. The van der Waals surface area contributed by atoms with Crippen molar-refractivity contribution in [1.82, 2.24) is 10.2 Å². The minimum absolute atomic E-state index is 0.00838. The van der Waals surface area contributed by atoms with Gasteiger partial charge in [0.2, 0.25) is 5.82 Å². The number of methoxy groups -OCH3 is 1. The fourth-order valence-electron chi connectivity index (χ4n) is 5.09. The first-order chi connectivity index (χ1) is 17.9. The van der Waals surface area contributed by atoms with Gasteiger partial charge in [0.15, 0.2) is 17.9 Å². The largest absolute Gasteiger partial charge is 0.494 e. The van der Waals surface area contributed by atoms with E-state index < -0.39 is 29.8 Å². The summed E-state index contributed by atoms with van der Waals surface area (Å²) in [6.07, 6.45) is 1.21. The van der Waals surface area contributed by atoms with Crippen LogP contribution in [-0.2, 0) is 11.3 Å². The molecule has 1 atom stereocenters. The summed E-state index contributed by atoms with van der Waals surface area (Å²) in [6.45, 7) is 6.74. The average molecular weight is 535 g/mol. The molecule has 0 saturated heterocycles. The number of alkyl halides is 1. The molecule has 6 nitrogen and oxygen atoms in total. The van der Waals surface area contributed by atoms with E-state index in [1.807, 2.05) is 0 Å². The molecule has 1 unspecified atom stereocenters. The summed E-state index contributed by atoms with van der Waals surface area (Å²) < 4.78 is 50.2. The first-order valence-corrected chi connectivity index (χ1v) is 12.9. The van der Waals surface area contributed by atoms with Crippen molar-refractivity contribution in [3.63, 3.8) is 0 Å². The molecule has 0 aliphatic heterocycles. The molecule has 0 spiro atoms. The van der Waals surface area contributed by atoms with Crippen molar-refractivity contribution in [2.75, 3.05) is 13.7 Å². The lowest BCUT2D eigenvalue weighted by molar-refractivity contribution is -0.136. The summed E-state index contributed by atoms with van der Waals surface area (Å²) in [5, 5.41) is 11.3. The summed E-state index contributed by atoms with van der Waals surface area (Å²) in [4.78, 5) is 24.5. The van der Waals surface area contributed by atoms with Crippen LogP contribution in [0.3, 0.4) is 0 Å². The number of ether oxygens (including phenoxy) is 1. The third kappa shape index (κ3) is 7.28. The van der Waals surface area contributed by atoms with Gasteiger partial charge < -0.3 is 15.2 Å². The van der Waals surface area contributed by atoms with Gasteiger partial charge in [-0.25, -0.2) is 8.78 Å². The number of hydrogen-bond donors (Lipinski definition) is 2. The van der Waals surface area contributed by atoms with Crippen molar-refractivity contribution in [1.29, 1.82) is 0 Å². The van der Waals surface area contributed by atoms with Crippen molar-refractivity contribution in [3.05, 3.63) is 64.7 Å². The second-order valence-electron chi connectivity index (χ2n) is 11.0. The summed E-state index contributed by atoms with van der Waals surface area (Å²) in [5.41, 5.74) is 0.811. The second-order valence-corrected chi connectivity index (χ2v) is 11.0. The number of rotatable bonds is 10. The minimum Gasteiger partial charge on any atom is -0.494 e. The Morgan fingerprint density at radius 2 is 1.68 bits per heavy atom. The van der Waals surface area contributed by atoms with Gasteiger partial charge in [-0.05, 0) is 66.8 Å². The van der Waals surface area contributed by atoms with E-state index in [1.54, 1.807) is 29.2 Å². The predicted molar refractivity (Wildman–Crippen MR) is 139 cm³/mol. The summed E-state index contributed by atoms with van der Waals surface area (Å²) >= 11 is 0. The third-order valence-electron chi connectivity index (χ3n) is 7.44. The maximum Gasteiger partial charge on any atom is 0.305 e. The van der Waals surface area contributed by atoms with Gasteiger partial charge in [-0.1, -0.05) is 32.9 Å². The minimum atomic E-state index is -1.88. The van der Waals surface area contributed by atoms with Gasteiger partial charge in [-0.15, -0.1) is 0 Å². The van der Waals surface area contributed by atoms with Crippen LogP contribution >= 0.6 is 0 Å². The Bertz CT molecular complexity index is 1110. The Balaban J connectivity index is 1.82. The topological polar surface area (TPSA) is 78.9 Å². The molecular formula is C29H37F3N2O4. The Morgan fingerprint density at radius 3 is 2.24 bits per heavy atom. The van der Waals surface area contributed by atoms with Gasteiger partial charge in [-0.2, -0.15) is 4.39 Å². The van der Waals surface area contributed by atoms with E-state index >= 15 is 4.39 Å². The predicted octanol–water partition coefficient (Wildman–Crippen LogP) is 6.25. The van der Waals surface area contributed by atoms with E-state index in [0.29, 0.717) is 17.0 Å². The van der Waals surface area contributed by atoms with Crippen LogP contribution in [0.15, 0.2) is 36.4 Å². The molecule has 9 heteroatoms. The number of benzene rings is 2. The standard InChI is InChI=1S/C29H37F3N2O4/c1-29(2,3)20-9-11-21(12-10-20)34(27(32)22-13-14-23(38-4)26(31)25(22)30)17-18-5-7-19(8-6-18)28(37)33-16-15-24(35)36/h5-8,13-14,20-21,27H,9-12,15-17H2,1-4H3,(H,33,37)(H,35,36). The Morgan fingerprint density at radius 1 is 1.05 bits per heavy atom. The lowest BCUT2D eigenvalue weighted by Gasteiger charge is -2.42. The van der Waals surface area contributed by atoms with Crippen molar-refractivity contribution >= 4 is 11.9 Å². The van der Waals surface area contributed by atoms with Crippen molar-refractivity contribution in [2.24, 2.45) is 11.3 Å². The van der Waals surface area contributed by atoms with Gasteiger partial charge in [0.05, 0.1) is 13.5 Å². The Kier molecular flexibility index (Phi) is 9.82. The van der Waals surface area contributed by atoms with Crippen LogP contribution in [0.1, 0.15) is 80.7 Å². The monoisotopic (exact) mass is 534 g/mol. The van der Waals surface area contributed by atoms with Crippen LogP contribution in [0, 0.1) is 23.0 Å². The van der Waals surface area contributed by atoms with E-state index in [4.69, 9.17) is 9.84 Å². The molecule has 0 heterocycles. The molecule has 1 fully saturated rings. The molecule has 208 valence electrons. The number of carbonyl (C=O) groups excluding carboxylic acids is 1. The highest BCUT2D eigenvalue weighted by Crippen LogP contribution is 2.42. The van der Waals surface area contributed by atoms with E-state index in [0.717, 1.165) is 25.7 Å². The molecule has 1 amide bonds. The van der Waals surface area contributed by atoms with Crippen LogP contribution in [0.25, 0.3) is 0 Å². The highest BCUT2D eigenvalue weighted by atomic mass is 19.2. The number of carbonyl (C=O) groups is 2. The van der Waals surface area contributed by atoms with Crippen LogP contribution in [-0.4, -0.2) is 41.6 Å². The average Bonchev–Trinajstić information content (AvgIpc) is 2.88. The van der Waals surface area contributed by atoms with Crippen LogP contribution in [0.2, 0.25) is 0 Å². The van der Waals surface area contributed by atoms with Gasteiger partial charge in [0.25, 0.3) is 5.91 Å². The Hall–Kier alpha value is -3.07. The first kappa shape index (κ1) is 29.5. The quantitative estimate of drug-likeness (QED) is 0.352. The molecule has 1 aliphatic carbocycles. The molecule has 0 bridgehead atoms. The summed E-state index contributed by atoms with van der Waals surface area (Å²) in [6, 6.07) is 8.83. The number of carboxylic acids is 1. The van der Waals surface area contributed by atoms with Gasteiger partial charge in [0.1, 0.15) is 0 Å². The van der Waals surface area contributed by atoms with Crippen molar-refractivity contribution in [2.45, 2.75) is 71.8 Å². The van der Waals surface area contributed by atoms with Crippen LogP contribution in [0.4, 0.5) is 13.2 Å². The highest BCUT2D eigenvalue weighted by Gasteiger charge is 2.36. The second kappa shape index (κ2) is 12.7. The van der Waals surface area contributed by atoms with E-state index in [1.165, 1.54) is 19.2 Å². The molecule has 3 rings (SSSR count). The van der Waals surface area contributed by atoms with Crippen LogP contribution in [0.5, 0.6) is 5.75 Å². The molecule has 38 heavy (non-hydrogen) atoms. The van der Waals surface area contributed by atoms with E-state index in [9.17, 15) is 18.4 Å². The normalized spacial score (nSPS) is 18.7. The van der Waals surface area contributed by atoms with Crippen molar-refractivity contribution < 1.29 is 32.6 Å². The first-order valence-electron chi connectivity index (χ1n) is 12.9. The van der Waals surface area contributed by atoms with Crippen molar-refractivity contribution in [3.8, 4) is 5.75 Å². The number of aliphatic carboxylic acids is 1. The molecule has 0 radical (unpaired) electrons. The molecule has 1 saturated carbocycles. The van der Waals surface area contributed by atoms with Gasteiger partial charge in [-0.3, -0.25) is 14.5 Å². The molecule has 0 aromatic heterocycles. The number of amides is 1. The summed E-state index contributed by atoms with van der Waals surface area (Å²) in [5.74, 6) is -3.69. The fourth-order valence-corrected chi connectivity index (χ4v) is 5.09. The number of nitrogens with one attached hydrogen (secondary N) is 1. The molecule has 1 aliphatic rings. The third-order valence-corrected chi connectivity index (χ3v) is 7.44. The SMILES string of the molecule is COc1ccc(C(F)N(Cc2ccc(C(=O)NCCC(=O)O)cc2)C2CCC(C(C)(C)C)CC2)c(F)c1F. The van der Waals surface area contributed by atoms with Crippen LogP contribution < -0.4 is 10.1 Å². The maximum atomic E-state index is 16.1. The zero-order valence-electron chi connectivity index (χ0n) is 22.4. The smallest absolute Gasteiger partial charge is 0.305 e. The van der Waals surface area contributed by atoms with E-state index in [2.05, 4.69) is 26.1 Å². The molecular weight excluding hydrogens is 497 g/mol. The molecule has 2 N–H and O–H groups in total. The zero-order valence-corrected chi connectivity index (χ0v) is 22.4. The number of nitrogens with zero attached hydrogens (tertiary/aromatic N) is 1. The zero-order chi connectivity index (χ0) is 28.0. The molecule has 2 aromatic carbocycles. The highest BCUT2D eigenvalue weighted by molar-refractivity contribution is 5.94. The Labute approximate surface area is 222 Å². The fraction of sp³-hybridized carbons (Fsp3) is 0.517. The number of hydrogen-bond acceptors (Lipinski definition) is 4. The number of carboxylic acid groups (broad SMARTS) is 1.